The van der Waals surface area contributed by atoms with Gasteiger partial charge in [0.1, 0.15) is 0 Å². The van der Waals surface area contributed by atoms with E-state index in [2.05, 4.69) is 208 Å². The van der Waals surface area contributed by atoms with Crippen molar-refractivity contribution in [3.05, 3.63) is 192 Å². The van der Waals surface area contributed by atoms with Crippen LogP contribution in [0.2, 0.25) is 0 Å². The fourth-order valence-electron chi connectivity index (χ4n) is 9.08. The fraction of sp³-hybridized carbons (Fsp3) is 0.160. The van der Waals surface area contributed by atoms with Gasteiger partial charge in [-0.3, -0.25) is 0 Å². The first-order valence-electron chi connectivity index (χ1n) is 18.4. The molecule has 7 aromatic rings. The minimum Gasteiger partial charge on any atom is -0.345 e. The highest BCUT2D eigenvalue weighted by atomic mass is 15.1. The summed E-state index contributed by atoms with van der Waals surface area (Å²) in [6.45, 7) is 7.11. The van der Waals surface area contributed by atoms with Crippen molar-refractivity contribution in [3.63, 3.8) is 0 Å². The topological polar surface area (TPSA) is 6.48 Å². The smallest absolute Gasteiger partial charge is 0.0491 e. The van der Waals surface area contributed by atoms with E-state index >= 15 is 0 Å². The van der Waals surface area contributed by atoms with Crippen molar-refractivity contribution in [2.75, 3.05) is 23.9 Å². The highest BCUT2D eigenvalue weighted by Gasteiger charge is 2.40. The van der Waals surface area contributed by atoms with Crippen LogP contribution < -0.4 is 9.80 Å². The first-order chi connectivity index (χ1) is 25.2. The quantitative estimate of drug-likeness (QED) is 0.166. The van der Waals surface area contributed by atoms with Crippen LogP contribution in [-0.4, -0.2) is 14.1 Å². The van der Waals surface area contributed by atoms with E-state index in [-0.39, 0.29) is 10.8 Å². The molecule has 0 radical (unpaired) electrons. The summed E-state index contributed by atoms with van der Waals surface area (Å²) in [5.74, 6) is 0. The van der Waals surface area contributed by atoms with Crippen LogP contribution in [0.3, 0.4) is 0 Å². The molecule has 9 rings (SSSR count). The molecule has 0 aromatic heterocycles. The molecule has 7 aromatic carbocycles. The standard InChI is InChI=1S/C50H44N2/c1-49(2)43-21-11-10-20-41(43)48-46(49)23-14-24-47(48)52(5)38-27-25-35(26-28-38)36-16-13-15-34(31-36)33-50(3)44-22-12-9-19-40(44)42-32-39(29-30-45(42)50)51(4)37-17-7-6-8-18-37/h6-32H,33H2,1-5H3. The van der Waals surface area contributed by atoms with Gasteiger partial charge in [-0.15, -0.1) is 0 Å². The molecule has 0 heterocycles. The molecule has 0 aliphatic heterocycles. The molecule has 2 aliphatic carbocycles. The number of para-hydroxylation sites is 1. The highest BCUT2D eigenvalue weighted by Crippen LogP contribution is 2.53. The molecule has 0 saturated carbocycles. The molecule has 52 heavy (non-hydrogen) atoms. The Morgan fingerprint density at radius 1 is 0.423 bits per heavy atom. The Labute approximate surface area is 308 Å². The van der Waals surface area contributed by atoms with Gasteiger partial charge in [-0.1, -0.05) is 142 Å². The van der Waals surface area contributed by atoms with Crippen molar-refractivity contribution in [1.29, 1.82) is 0 Å². The minimum absolute atomic E-state index is 0.0145. The van der Waals surface area contributed by atoms with Crippen molar-refractivity contribution >= 4 is 22.7 Å². The summed E-state index contributed by atoms with van der Waals surface area (Å²) < 4.78 is 0. The Morgan fingerprint density at radius 3 is 1.83 bits per heavy atom. The van der Waals surface area contributed by atoms with Crippen LogP contribution in [0.25, 0.3) is 33.4 Å². The molecule has 2 nitrogen and oxygen atoms in total. The van der Waals surface area contributed by atoms with Gasteiger partial charge in [0.15, 0.2) is 0 Å². The number of rotatable bonds is 7. The van der Waals surface area contributed by atoms with E-state index in [4.69, 9.17) is 0 Å². The van der Waals surface area contributed by atoms with Crippen molar-refractivity contribution in [1.82, 2.24) is 0 Å². The van der Waals surface area contributed by atoms with Gasteiger partial charge in [0.2, 0.25) is 0 Å². The average Bonchev–Trinajstić information content (AvgIpc) is 3.58. The summed E-state index contributed by atoms with van der Waals surface area (Å²) in [7, 11) is 4.35. The second-order valence-electron chi connectivity index (χ2n) is 15.4. The Hall–Kier alpha value is -5.86. The molecular weight excluding hydrogens is 629 g/mol. The van der Waals surface area contributed by atoms with Gasteiger partial charge < -0.3 is 9.80 Å². The molecule has 0 spiro atoms. The average molecular weight is 673 g/mol. The van der Waals surface area contributed by atoms with E-state index in [1.54, 1.807) is 0 Å². The van der Waals surface area contributed by atoms with Crippen molar-refractivity contribution < 1.29 is 0 Å². The van der Waals surface area contributed by atoms with E-state index in [0.717, 1.165) is 6.42 Å². The van der Waals surface area contributed by atoms with Gasteiger partial charge in [0.25, 0.3) is 0 Å². The van der Waals surface area contributed by atoms with Gasteiger partial charge in [0, 0.05) is 53.2 Å². The zero-order valence-corrected chi connectivity index (χ0v) is 30.7. The monoisotopic (exact) mass is 672 g/mol. The molecule has 0 saturated heterocycles. The van der Waals surface area contributed by atoms with E-state index < -0.39 is 0 Å². The molecule has 254 valence electrons. The first kappa shape index (κ1) is 32.1. The van der Waals surface area contributed by atoms with Crippen molar-refractivity contribution in [2.24, 2.45) is 0 Å². The van der Waals surface area contributed by atoms with Crippen LogP contribution in [0, 0.1) is 0 Å². The van der Waals surface area contributed by atoms with Crippen LogP contribution in [-0.2, 0) is 17.3 Å². The summed E-state index contributed by atoms with van der Waals surface area (Å²) in [5.41, 5.74) is 19.5. The van der Waals surface area contributed by atoms with E-state index in [0.29, 0.717) is 0 Å². The first-order valence-corrected chi connectivity index (χ1v) is 18.4. The SMILES string of the molecule is CN(c1ccccc1)c1ccc2c(c1)-c1ccccc1C2(C)Cc1cccc(-c2ccc(N(C)c3cccc4c3-c3ccccc3C4(C)C)cc2)c1. The summed E-state index contributed by atoms with van der Waals surface area (Å²) in [6, 6.07) is 60.5. The van der Waals surface area contributed by atoms with Gasteiger partial charge in [-0.05, 0) is 105 Å². The van der Waals surface area contributed by atoms with Crippen LogP contribution >= 0.6 is 0 Å². The number of nitrogens with zero attached hydrogens (tertiary/aromatic N) is 2. The van der Waals surface area contributed by atoms with Crippen molar-refractivity contribution in [3.8, 4) is 33.4 Å². The molecule has 1 atom stereocenters. The third-order valence-corrected chi connectivity index (χ3v) is 12.0. The lowest BCUT2D eigenvalue weighted by Crippen LogP contribution is -2.24. The fourth-order valence-corrected chi connectivity index (χ4v) is 9.08. The van der Waals surface area contributed by atoms with Gasteiger partial charge in [-0.2, -0.15) is 0 Å². The van der Waals surface area contributed by atoms with Crippen molar-refractivity contribution in [2.45, 2.75) is 38.0 Å². The zero-order valence-electron chi connectivity index (χ0n) is 30.7. The maximum atomic E-state index is 2.43. The number of hydrogen-bond acceptors (Lipinski definition) is 2. The molecule has 2 heteroatoms. The summed E-state index contributed by atoms with van der Waals surface area (Å²) in [6.07, 6.45) is 0.927. The third kappa shape index (κ3) is 5.00. The highest BCUT2D eigenvalue weighted by molar-refractivity contribution is 5.92. The number of fused-ring (bicyclic) bond motifs is 6. The van der Waals surface area contributed by atoms with Crippen LogP contribution in [0.5, 0.6) is 0 Å². The normalized spacial score (nSPS) is 16.1. The number of hydrogen-bond donors (Lipinski definition) is 0. The third-order valence-electron chi connectivity index (χ3n) is 12.0. The lowest BCUT2D eigenvalue weighted by molar-refractivity contribution is 0.583. The van der Waals surface area contributed by atoms with Gasteiger partial charge in [0.05, 0.1) is 0 Å². The van der Waals surface area contributed by atoms with E-state index in [1.807, 2.05) is 0 Å². The summed E-state index contributed by atoms with van der Waals surface area (Å²) >= 11 is 0. The maximum Gasteiger partial charge on any atom is 0.0491 e. The Bertz CT molecular complexity index is 2460. The predicted octanol–water partition coefficient (Wildman–Crippen LogP) is 12.7. The minimum atomic E-state index is -0.135. The van der Waals surface area contributed by atoms with Crippen LogP contribution in [0.1, 0.15) is 48.6 Å². The van der Waals surface area contributed by atoms with Crippen LogP contribution in [0.4, 0.5) is 22.7 Å². The zero-order chi connectivity index (χ0) is 35.6. The number of anilines is 4. The second kappa shape index (κ2) is 12.1. The molecule has 1 unspecified atom stereocenters. The summed E-state index contributed by atoms with van der Waals surface area (Å²) in [4.78, 5) is 4.62. The lowest BCUT2D eigenvalue weighted by atomic mass is 9.75. The van der Waals surface area contributed by atoms with E-state index in [9.17, 15) is 0 Å². The number of benzene rings is 7. The summed E-state index contributed by atoms with van der Waals surface area (Å²) in [5, 5.41) is 0. The maximum absolute atomic E-state index is 2.43. The largest absolute Gasteiger partial charge is 0.345 e. The molecule has 0 fully saturated rings. The Balaban J connectivity index is 1.01. The molecular formula is C50H44N2. The Morgan fingerprint density at radius 2 is 1.04 bits per heavy atom. The molecule has 0 N–H and O–H groups in total. The Kier molecular flexibility index (Phi) is 7.48. The van der Waals surface area contributed by atoms with Crippen LogP contribution in [0.15, 0.2) is 164 Å². The molecule has 0 amide bonds. The lowest BCUT2D eigenvalue weighted by Gasteiger charge is -2.28. The van der Waals surface area contributed by atoms with Gasteiger partial charge in [-0.25, -0.2) is 0 Å². The van der Waals surface area contributed by atoms with E-state index in [1.165, 1.54) is 83.9 Å². The molecule has 0 bridgehead atoms. The second-order valence-corrected chi connectivity index (χ2v) is 15.4. The predicted molar refractivity (Wildman–Crippen MR) is 220 cm³/mol. The van der Waals surface area contributed by atoms with Gasteiger partial charge >= 0.3 is 0 Å². The molecule has 2 aliphatic rings.